The van der Waals surface area contributed by atoms with Crippen LogP contribution in [0.1, 0.15) is 24.2 Å². The maximum Gasteiger partial charge on any atom is 0.253 e. The van der Waals surface area contributed by atoms with E-state index in [0.717, 1.165) is 0 Å². The van der Waals surface area contributed by atoms with Crippen LogP contribution in [0, 0.1) is 0 Å². The predicted octanol–water partition coefficient (Wildman–Crippen LogP) is 0.795. The van der Waals surface area contributed by atoms with Crippen LogP contribution in [-0.4, -0.2) is 43.5 Å². The summed E-state index contributed by atoms with van der Waals surface area (Å²) in [5.41, 5.74) is 5.49. The van der Waals surface area contributed by atoms with E-state index in [1.54, 1.807) is 39.2 Å². The minimum absolute atomic E-state index is 0.139. The zero-order chi connectivity index (χ0) is 15.2. The Morgan fingerprint density at radius 3 is 2.70 bits per heavy atom. The molecule has 0 bridgehead atoms. The molecule has 1 amide bonds. The molecule has 0 aliphatic carbocycles. The molecule has 6 nitrogen and oxygen atoms in total. The monoisotopic (exact) mass is 282 g/mol. The summed E-state index contributed by atoms with van der Waals surface area (Å²) in [5, 5.41) is 12.2. The molecule has 0 heterocycles. The number of nitrogen functional groups attached to an aromatic ring is 1. The van der Waals surface area contributed by atoms with Gasteiger partial charge in [0.2, 0.25) is 0 Å². The van der Waals surface area contributed by atoms with Gasteiger partial charge in [0.15, 0.2) is 0 Å². The van der Waals surface area contributed by atoms with Crippen molar-refractivity contribution in [3.63, 3.8) is 0 Å². The van der Waals surface area contributed by atoms with Gasteiger partial charge in [0.25, 0.3) is 5.91 Å². The van der Waals surface area contributed by atoms with E-state index in [1.807, 2.05) is 0 Å². The molecule has 1 rings (SSSR count). The Balaban J connectivity index is 2.72. The first-order valence-electron chi connectivity index (χ1n) is 6.35. The van der Waals surface area contributed by atoms with E-state index in [0.29, 0.717) is 30.2 Å². The lowest BCUT2D eigenvalue weighted by atomic mass is 10.1. The summed E-state index contributed by atoms with van der Waals surface area (Å²) in [4.78, 5) is 12.0. The van der Waals surface area contributed by atoms with Crippen LogP contribution in [0.3, 0.4) is 0 Å². The summed E-state index contributed by atoms with van der Waals surface area (Å²) in [6.07, 6.45) is 0. The molecule has 20 heavy (non-hydrogen) atoms. The first-order chi connectivity index (χ1) is 9.33. The normalized spacial score (nSPS) is 11.2. The number of methoxy groups -OCH3 is 1. The van der Waals surface area contributed by atoms with Crippen LogP contribution in [0.25, 0.3) is 0 Å². The Hall–Kier alpha value is -1.79. The number of ether oxygens (including phenoxy) is 2. The average molecular weight is 282 g/mol. The van der Waals surface area contributed by atoms with Crippen molar-refractivity contribution < 1.29 is 19.4 Å². The highest BCUT2D eigenvalue weighted by molar-refractivity contribution is 5.99. The zero-order valence-corrected chi connectivity index (χ0v) is 12.1. The van der Waals surface area contributed by atoms with Crippen LogP contribution in [0.15, 0.2) is 18.2 Å². The number of hydrogen-bond donors (Lipinski definition) is 3. The van der Waals surface area contributed by atoms with E-state index in [2.05, 4.69) is 5.32 Å². The Bertz CT molecular complexity index is 455. The molecular weight excluding hydrogens is 260 g/mol. The third-order valence-corrected chi connectivity index (χ3v) is 2.51. The van der Waals surface area contributed by atoms with Crippen LogP contribution in [0.2, 0.25) is 0 Å². The molecule has 0 saturated carbocycles. The van der Waals surface area contributed by atoms with E-state index < -0.39 is 5.60 Å². The fourth-order valence-corrected chi connectivity index (χ4v) is 1.46. The average Bonchev–Trinajstić information content (AvgIpc) is 2.37. The number of hydrogen-bond acceptors (Lipinski definition) is 5. The number of nitrogens with one attached hydrogen (secondary N) is 1. The van der Waals surface area contributed by atoms with Crippen LogP contribution in [0.5, 0.6) is 5.75 Å². The van der Waals surface area contributed by atoms with Gasteiger partial charge in [-0.2, -0.15) is 0 Å². The van der Waals surface area contributed by atoms with E-state index in [1.165, 1.54) is 0 Å². The molecular formula is C14H22N2O4. The molecule has 0 unspecified atom stereocenters. The molecule has 4 N–H and O–H groups in total. The molecule has 0 spiro atoms. The van der Waals surface area contributed by atoms with E-state index in [-0.39, 0.29) is 12.5 Å². The number of rotatable bonds is 7. The van der Waals surface area contributed by atoms with Gasteiger partial charge in [-0.1, -0.05) is 0 Å². The second-order valence-electron chi connectivity index (χ2n) is 5.09. The third-order valence-electron chi connectivity index (χ3n) is 2.51. The lowest BCUT2D eigenvalue weighted by Crippen LogP contribution is -2.38. The molecule has 0 aromatic heterocycles. The lowest BCUT2D eigenvalue weighted by Gasteiger charge is -2.18. The van der Waals surface area contributed by atoms with Crippen LogP contribution >= 0.6 is 0 Å². The number of anilines is 1. The van der Waals surface area contributed by atoms with Gasteiger partial charge in [-0.05, 0) is 32.0 Å². The van der Waals surface area contributed by atoms with E-state index in [9.17, 15) is 9.90 Å². The van der Waals surface area contributed by atoms with Crippen LogP contribution in [-0.2, 0) is 4.74 Å². The SMILES string of the molecule is COCCOc1ccc(N)c(C(=O)NCC(C)(C)O)c1. The van der Waals surface area contributed by atoms with Crippen molar-refractivity contribution in [3.05, 3.63) is 23.8 Å². The fraction of sp³-hybridized carbons (Fsp3) is 0.500. The number of aliphatic hydroxyl groups is 1. The second-order valence-corrected chi connectivity index (χ2v) is 5.09. The molecule has 0 saturated heterocycles. The first-order valence-corrected chi connectivity index (χ1v) is 6.35. The van der Waals surface area contributed by atoms with Gasteiger partial charge in [0.1, 0.15) is 12.4 Å². The molecule has 0 fully saturated rings. The van der Waals surface area contributed by atoms with Gasteiger partial charge in [-0.3, -0.25) is 4.79 Å². The van der Waals surface area contributed by atoms with Gasteiger partial charge in [0.05, 0.1) is 17.8 Å². The number of carbonyl (C=O) groups is 1. The highest BCUT2D eigenvalue weighted by Gasteiger charge is 2.16. The number of amides is 1. The Morgan fingerprint density at radius 1 is 1.40 bits per heavy atom. The quantitative estimate of drug-likeness (QED) is 0.508. The van der Waals surface area contributed by atoms with Crippen molar-refractivity contribution in [1.82, 2.24) is 5.32 Å². The molecule has 0 radical (unpaired) electrons. The summed E-state index contributed by atoms with van der Waals surface area (Å²) < 4.78 is 10.3. The van der Waals surface area contributed by atoms with Gasteiger partial charge < -0.3 is 25.6 Å². The fourth-order valence-electron chi connectivity index (χ4n) is 1.46. The summed E-state index contributed by atoms with van der Waals surface area (Å²) in [6.45, 7) is 4.22. The number of carbonyl (C=O) groups excluding carboxylic acids is 1. The van der Waals surface area contributed by atoms with Crippen molar-refractivity contribution in [2.24, 2.45) is 0 Å². The summed E-state index contributed by atoms with van der Waals surface area (Å²) in [6, 6.07) is 4.88. The minimum Gasteiger partial charge on any atom is -0.491 e. The standard InChI is InChI=1S/C14H22N2O4/c1-14(2,18)9-16-13(17)11-8-10(4-5-12(11)15)20-7-6-19-3/h4-5,8,18H,6-7,9,15H2,1-3H3,(H,16,17). The van der Waals surface area contributed by atoms with E-state index in [4.69, 9.17) is 15.2 Å². The minimum atomic E-state index is -0.975. The molecule has 0 aliphatic heterocycles. The summed E-state index contributed by atoms with van der Waals surface area (Å²) >= 11 is 0. The molecule has 112 valence electrons. The maximum absolute atomic E-state index is 12.0. The smallest absolute Gasteiger partial charge is 0.253 e. The van der Waals surface area contributed by atoms with Gasteiger partial charge in [-0.25, -0.2) is 0 Å². The largest absolute Gasteiger partial charge is 0.491 e. The van der Waals surface area contributed by atoms with Crippen molar-refractivity contribution in [2.45, 2.75) is 19.4 Å². The summed E-state index contributed by atoms with van der Waals surface area (Å²) in [7, 11) is 1.59. The highest BCUT2D eigenvalue weighted by Crippen LogP contribution is 2.20. The van der Waals surface area contributed by atoms with Crippen molar-refractivity contribution >= 4 is 11.6 Å². The maximum atomic E-state index is 12.0. The van der Waals surface area contributed by atoms with E-state index >= 15 is 0 Å². The topological polar surface area (TPSA) is 93.8 Å². The Labute approximate surface area is 118 Å². The molecule has 0 atom stereocenters. The van der Waals surface area contributed by atoms with Crippen molar-refractivity contribution in [3.8, 4) is 5.75 Å². The molecule has 1 aromatic carbocycles. The van der Waals surface area contributed by atoms with Gasteiger partial charge >= 0.3 is 0 Å². The van der Waals surface area contributed by atoms with Crippen LogP contribution in [0.4, 0.5) is 5.69 Å². The summed E-state index contributed by atoms with van der Waals surface area (Å²) in [5.74, 6) is 0.200. The first kappa shape index (κ1) is 16.3. The molecule has 6 heteroatoms. The Kier molecular flexibility index (Phi) is 5.79. The zero-order valence-electron chi connectivity index (χ0n) is 12.1. The van der Waals surface area contributed by atoms with Crippen LogP contribution < -0.4 is 15.8 Å². The number of benzene rings is 1. The molecule has 0 aliphatic rings. The second kappa shape index (κ2) is 7.12. The molecule has 1 aromatic rings. The van der Waals surface area contributed by atoms with Gasteiger partial charge in [0, 0.05) is 19.3 Å². The predicted molar refractivity (Wildman–Crippen MR) is 76.9 cm³/mol. The highest BCUT2D eigenvalue weighted by atomic mass is 16.5. The van der Waals surface area contributed by atoms with Crippen molar-refractivity contribution in [1.29, 1.82) is 0 Å². The van der Waals surface area contributed by atoms with Gasteiger partial charge in [-0.15, -0.1) is 0 Å². The van der Waals surface area contributed by atoms with Crippen molar-refractivity contribution in [2.75, 3.05) is 32.6 Å². The Morgan fingerprint density at radius 2 is 2.10 bits per heavy atom. The number of nitrogens with two attached hydrogens (primary N) is 1. The third kappa shape index (κ3) is 5.46. The lowest BCUT2D eigenvalue weighted by molar-refractivity contribution is 0.0694.